The molecule has 1 aliphatic rings. The van der Waals surface area contributed by atoms with E-state index in [1.165, 1.54) is 11.6 Å². The zero-order valence-corrected chi connectivity index (χ0v) is 20.2. The number of hydroxylamine groups is 1. The van der Waals surface area contributed by atoms with Gasteiger partial charge >= 0.3 is 0 Å². The molecule has 2 N–H and O–H groups in total. The fraction of sp³-hybridized carbons (Fsp3) is 0.385. The molecule has 1 heterocycles. The van der Waals surface area contributed by atoms with Crippen LogP contribution in [-0.2, 0) is 4.57 Å². The number of aliphatic imine (C=N–C) groups is 1. The highest BCUT2D eigenvalue weighted by atomic mass is 31.2. The Morgan fingerprint density at radius 2 is 1.82 bits per heavy atom. The lowest BCUT2D eigenvalue weighted by atomic mass is 9.73. The lowest BCUT2D eigenvalue weighted by molar-refractivity contribution is 0.213. The van der Waals surface area contributed by atoms with Crippen molar-refractivity contribution in [3.05, 3.63) is 66.1 Å². The maximum absolute atomic E-state index is 13.9. The molecule has 2 aromatic carbocycles. The molecule has 0 spiro atoms. The molecular weight excluding hydrogens is 436 g/mol. The maximum Gasteiger partial charge on any atom is 0.129 e. The third-order valence-electron chi connectivity index (χ3n) is 6.92. The van der Waals surface area contributed by atoms with Crippen LogP contribution in [0.1, 0.15) is 44.1 Å². The Balaban J connectivity index is 1.46. The Labute approximate surface area is 194 Å². The largest absolute Gasteiger partial charge is 0.319 e. The molecule has 7 heteroatoms. The zero-order valence-electron chi connectivity index (χ0n) is 19.3. The van der Waals surface area contributed by atoms with Crippen LogP contribution in [0.15, 0.2) is 59.7 Å². The summed E-state index contributed by atoms with van der Waals surface area (Å²) in [5.41, 5.74) is 5.03. The molecule has 33 heavy (non-hydrogen) atoms. The van der Waals surface area contributed by atoms with Crippen LogP contribution in [0.4, 0.5) is 10.1 Å². The molecule has 0 unspecified atom stereocenters. The number of nitrogens with one attached hydrogen (secondary N) is 1. The van der Waals surface area contributed by atoms with Crippen molar-refractivity contribution in [2.75, 3.05) is 13.3 Å². The number of hydrogen-bond acceptors (Lipinski definition) is 4. The Morgan fingerprint density at radius 1 is 1.12 bits per heavy atom. The number of amidine groups is 1. The molecule has 3 aromatic rings. The fourth-order valence-electron chi connectivity index (χ4n) is 4.90. The van der Waals surface area contributed by atoms with Gasteiger partial charge in [0, 0.05) is 22.8 Å². The summed E-state index contributed by atoms with van der Waals surface area (Å²) in [5, 5.41) is 11.5. The van der Waals surface area contributed by atoms with Crippen LogP contribution < -0.4 is 10.8 Å². The van der Waals surface area contributed by atoms with Gasteiger partial charge in [-0.25, -0.2) is 9.38 Å². The highest BCUT2D eigenvalue weighted by molar-refractivity contribution is 7.70. The summed E-state index contributed by atoms with van der Waals surface area (Å²) in [6.45, 7) is 5.58. The van der Waals surface area contributed by atoms with Gasteiger partial charge < -0.3 is 4.57 Å². The first-order valence-corrected chi connectivity index (χ1v) is 14.0. The summed E-state index contributed by atoms with van der Waals surface area (Å²) in [4.78, 5) is 9.00. The first-order chi connectivity index (χ1) is 15.8. The standard InChI is InChI=1S/C26H31FN3O2P/c1-17(26(30-31)29-21-9-11-22(12-10-21)33(2,3)32)18-4-6-19(7-5-18)23-14-15-28-25-13-8-20(27)16-24(23)25/h8-19,31H,4-7H2,1-3H3,(H,29,30)/t17-,18?,19?/m0/s1. The van der Waals surface area contributed by atoms with Gasteiger partial charge in [-0.15, -0.1) is 0 Å². The molecule has 1 fully saturated rings. The monoisotopic (exact) mass is 467 g/mol. The smallest absolute Gasteiger partial charge is 0.129 e. The summed E-state index contributed by atoms with van der Waals surface area (Å²) in [6.07, 6.45) is 5.81. The average molecular weight is 468 g/mol. The van der Waals surface area contributed by atoms with E-state index in [9.17, 15) is 14.2 Å². The molecule has 1 atom stereocenters. The van der Waals surface area contributed by atoms with Crippen LogP contribution >= 0.6 is 7.14 Å². The van der Waals surface area contributed by atoms with Crippen molar-refractivity contribution in [1.82, 2.24) is 10.5 Å². The van der Waals surface area contributed by atoms with Crippen molar-refractivity contribution in [3.63, 3.8) is 0 Å². The molecule has 5 nitrogen and oxygen atoms in total. The molecule has 0 saturated heterocycles. The predicted molar refractivity (Wildman–Crippen MR) is 133 cm³/mol. The van der Waals surface area contributed by atoms with E-state index >= 15 is 0 Å². The number of halogens is 1. The number of hydrogen-bond donors (Lipinski definition) is 2. The number of pyridine rings is 1. The lowest BCUT2D eigenvalue weighted by Crippen LogP contribution is -2.33. The summed E-state index contributed by atoms with van der Waals surface area (Å²) >= 11 is 0. The van der Waals surface area contributed by atoms with Crippen LogP contribution in [0, 0.1) is 17.7 Å². The number of nitrogens with zero attached hydrogens (tertiary/aromatic N) is 2. The first-order valence-electron chi connectivity index (χ1n) is 11.4. The molecular formula is C26H31FN3O2P. The highest BCUT2D eigenvalue weighted by Gasteiger charge is 2.29. The predicted octanol–water partition coefficient (Wildman–Crippen LogP) is 6.24. The number of rotatable bonds is 5. The normalized spacial score (nSPS) is 20.6. The van der Waals surface area contributed by atoms with Gasteiger partial charge in [0.05, 0.1) is 11.2 Å². The second kappa shape index (κ2) is 9.74. The third-order valence-corrected chi connectivity index (χ3v) is 8.46. The van der Waals surface area contributed by atoms with Gasteiger partial charge in [0.2, 0.25) is 0 Å². The van der Waals surface area contributed by atoms with E-state index in [-0.39, 0.29) is 11.7 Å². The number of benzene rings is 2. The molecule has 0 radical (unpaired) electrons. The Bertz CT molecular complexity index is 1200. The van der Waals surface area contributed by atoms with Crippen molar-refractivity contribution in [2.24, 2.45) is 16.8 Å². The first kappa shape index (κ1) is 23.6. The zero-order chi connectivity index (χ0) is 23.6. The van der Waals surface area contributed by atoms with E-state index in [0.29, 0.717) is 17.7 Å². The summed E-state index contributed by atoms with van der Waals surface area (Å²) < 4.78 is 26.1. The maximum atomic E-state index is 13.9. The number of fused-ring (bicyclic) bond motifs is 1. The van der Waals surface area contributed by atoms with E-state index in [1.807, 2.05) is 36.5 Å². The van der Waals surface area contributed by atoms with Gasteiger partial charge in [-0.1, -0.05) is 6.92 Å². The van der Waals surface area contributed by atoms with Crippen molar-refractivity contribution in [3.8, 4) is 0 Å². The minimum atomic E-state index is -2.31. The van der Waals surface area contributed by atoms with E-state index in [4.69, 9.17) is 0 Å². The summed E-state index contributed by atoms with van der Waals surface area (Å²) in [6, 6.07) is 14.2. The van der Waals surface area contributed by atoms with E-state index in [2.05, 4.69) is 22.4 Å². The van der Waals surface area contributed by atoms with Crippen molar-refractivity contribution in [2.45, 2.75) is 38.5 Å². The lowest BCUT2D eigenvalue weighted by Gasteiger charge is -2.33. The Morgan fingerprint density at radius 3 is 2.45 bits per heavy atom. The molecule has 4 rings (SSSR count). The fourth-order valence-corrected chi connectivity index (χ4v) is 5.77. The van der Waals surface area contributed by atoms with Gasteiger partial charge in [-0.05, 0) is 105 Å². The Hall–Kier alpha value is -2.56. The van der Waals surface area contributed by atoms with Gasteiger partial charge in [-0.2, -0.15) is 0 Å². The quantitative estimate of drug-likeness (QED) is 0.202. The van der Waals surface area contributed by atoms with Crippen molar-refractivity contribution >= 4 is 34.9 Å². The highest BCUT2D eigenvalue weighted by Crippen LogP contribution is 2.41. The summed E-state index contributed by atoms with van der Waals surface area (Å²) in [5.74, 6) is 1.12. The second-order valence-corrected chi connectivity index (χ2v) is 12.7. The van der Waals surface area contributed by atoms with E-state index < -0.39 is 7.14 Å². The van der Waals surface area contributed by atoms with E-state index in [1.54, 1.807) is 25.5 Å². The van der Waals surface area contributed by atoms with Gasteiger partial charge in [-0.3, -0.25) is 15.7 Å². The molecule has 1 aliphatic carbocycles. The minimum Gasteiger partial charge on any atom is -0.319 e. The van der Waals surface area contributed by atoms with Crippen LogP contribution in [0.2, 0.25) is 0 Å². The molecule has 0 bridgehead atoms. The van der Waals surface area contributed by atoms with Crippen molar-refractivity contribution < 1.29 is 14.2 Å². The minimum absolute atomic E-state index is 0.0608. The van der Waals surface area contributed by atoms with Crippen LogP contribution in [-0.4, -0.2) is 29.4 Å². The second-order valence-electron chi connectivity index (χ2n) is 9.44. The average Bonchev–Trinajstić information content (AvgIpc) is 2.81. The Kier molecular flexibility index (Phi) is 6.96. The molecule has 1 saturated carbocycles. The topological polar surface area (TPSA) is 74.6 Å². The molecule has 0 aliphatic heterocycles. The molecule has 174 valence electrons. The summed E-state index contributed by atoms with van der Waals surface area (Å²) in [7, 11) is -2.31. The molecule has 1 aromatic heterocycles. The van der Waals surface area contributed by atoms with Crippen LogP contribution in [0.25, 0.3) is 10.9 Å². The van der Waals surface area contributed by atoms with Gasteiger partial charge in [0.15, 0.2) is 0 Å². The third kappa shape index (κ3) is 5.34. The molecule has 0 amide bonds. The van der Waals surface area contributed by atoms with Crippen molar-refractivity contribution in [1.29, 1.82) is 0 Å². The number of aromatic nitrogens is 1. The van der Waals surface area contributed by atoms with Crippen LogP contribution in [0.3, 0.4) is 0 Å². The van der Waals surface area contributed by atoms with E-state index in [0.717, 1.165) is 47.6 Å². The van der Waals surface area contributed by atoms with Gasteiger partial charge in [0.25, 0.3) is 0 Å². The SMILES string of the molecule is C[C@H](C(=Nc1ccc(P(C)(C)=O)cc1)NO)C1CCC(c2ccnc3ccc(F)cc23)CC1. The van der Waals surface area contributed by atoms with Gasteiger partial charge in [0.1, 0.15) is 18.8 Å². The van der Waals surface area contributed by atoms with Crippen LogP contribution in [0.5, 0.6) is 0 Å².